The van der Waals surface area contributed by atoms with Crippen molar-refractivity contribution < 1.29 is 9.90 Å². The Bertz CT molecular complexity index is 1010. The fourth-order valence-electron chi connectivity index (χ4n) is 4.83. The Kier molecular flexibility index (Phi) is 4.68. The maximum Gasteiger partial charge on any atom is 0.173 e. The van der Waals surface area contributed by atoms with Crippen molar-refractivity contribution in [2.75, 3.05) is 6.61 Å². The van der Waals surface area contributed by atoms with Crippen LogP contribution in [-0.2, 0) is 23.1 Å². The molecule has 2 aromatic rings. The second kappa shape index (κ2) is 7.03. The maximum atomic E-state index is 12.2. The normalized spacial score (nSPS) is 23.6. The number of nitrogens with zero attached hydrogens (tertiary/aromatic N) is 3. The van der Waals surface area contributed by atoms with E-state index in [9.17, 15) is 10.1 Å². The molecule has 1 N–H and O–H groups in total. The summed E-state index contributed by atoms with van der Waals surface area (Å²) in [5.41, 5.74) is 4.35. The van der Waals surface area contributed by atoms with Crippen LogP contribution in [0.1, 0.15) is 49.0 Å². The van der Waals surface area contributed by atoms with Gasteiger partial charge in [0, 0.05) is 29.8 Å². The summed E-state index contributed by atoms with van der Waals surface area (Å²) >= 11 is 0. The highest BCUT2D eigenvalue weighted by Gasteiger charge is 2.46. The van der Waals surface area contributed by atoms with Crippen molar-refractivity contribution in [1.82, 2.24) is 9.55 Å². The molecule has 0 spiro atoms. The molecular formula is C23H25N3O2. The monoisotopic (exact) mass is 375 g/mol. The third kappa shape index (κ3) is 2.89. The van der Waals surface area contributed by atoms with Gasteiger partial charge >= 0.3 is 0 Å². The fourth-order valence-corrected chi connectivity index (χ4v) is 4.83. The van der Waals surface area contributed by atoms with Gasteiger partial charge in [-0.1, -0.05) is 25.1 Å². The van der Waals surface area contributed by atoms with E-state index in [2.05, 4.69) is 35.8 Å². The summed E-state index contributed by atoms with van der Waals surface area (Å²) in [6, 6.07) is 10.5. The summed E-state index contributed by atoms with van der Waals surface area (Å²) in [5, 5.41) is 18.5. The molecule has 2 unspecified atom stereocenters. The number of hydrogen-bond donors (Lipinski definition) is 1. The van der Waals surface area contributed by atoms with Crippen LogP contribution >= 0.6 is 0 Å². The largest absolute Gasteiger partial charge is 0.396 e. The summed E-state index contributed by atoms with van der Waals surface area (Å²) < 4.78 is 2.22. The number of imidazole rings is 1. The predicted molar refractivity (Wildman–Crippen MR) is 106 cm³/mol. The Morgan fingerprint density at radius 2 is 2.25 bits per heavy atom. The van der Waals surface area contributed by atoms with Gasteiger partial charge in [-0.2, -0.15) is 5.26 Å². The van der Waals surface area contributed by atoms with Crippen LogP contribution in [-0.4, -0.2) is 27.0 Å². The van der Waals surface area contributed by atoms with Crippen molar-refractivity contribution in [2.24, 2.45) is 5.92 Å². The van der Waals surface area contributed by atoms with Gasteiger partial charge < -0.3 is 9.67 Å². The minimum atomic E-state index is -0.378. The third-order valence-electron chi connectivity index (χ3n) is 6.32. The van der Waals surface area contributed by atoms with Crippen molar-refractivity contribution in [1.29, 1.82) is 5.26 Å². The summed E-state index contributed by atoms with van der Waals surface area (Å²) in [5.74, 6) is 1.08. The van der Waals surface area contributed by atoms with E-state index < -0.39 is 0 Å². The van der Waals surface area contributed by atoms with Gasteiger partial charge in [0.15, 0.2) is 5.78 Å². The molecule has 0 radical (unpaired) electrons. The van der Waals surface area contributed by atoms with Gasteiger partial charge in [-0.15, -0.1) is 0 Å². The van der Waals surface area contributed by atoms with Crippen LogP contribution in [0.2, 0.25) is 0 Å². The number of nitriles is 1. The molecular weight excluding hydrogens is 350 g/mol. The van der Waals surface area contributed by atoms with Crippen LogP contribution < -0.4 is 0 Å². The van der Waals surface area contributed by atoms with E-state index in [0.29, 0.717) is 6.42 Å². The van der Waals surface area contributed by atoms with Crippen LogP contribution in [0.5, 0.6) is 0 Å². The van der Waals surface area contributed by atoms with E-state index >= 15 is 0 Å². The molecule has 28 heavy (non-hydrogen) atoms. The summed E-state index contributed by atoms with van der Waals surface area (Å²) in [6.07, 6.45) is 5.67. The Morgan fingerprint density at radius 3 is 3.00 bits per heavy atom. The second-order valence-electron chi connectivity index (χ2n) is 8.10. The number of carbonyl (C=O) groups is 1. The van der Waals surface area contributed by atoms with Gasteiger partial charge in [-0.3, -0.25) is 4.79 Å². The number of aliphatic hydroxyl groups is 1. The molecule has 0 saturated carbocycles. The highest BCUT2D eigenvalue weighted by Crippen LogP contribution is 2.47. The van der Waals surface area contributed by atoms with Crippen LogP contribution in [0.3, 0.4) is 0 Å². The number of hydrogen-bond acceptors (Lipinski definition) is 4. The Hall–Kier alpha value is -2.71. The zero-order valence-electron chi connectivity index (χ0n) is 16.4. The fraction of sp³-hybridized carbons (Fsp3) is 0.435. The number of benzene rings is 1. The average Bonchev–Trinajstić information content (AvgIpc) is 3.04. The van der Waals surface area contributed by atoms with Crippen molar-refractivity contribution in [3.63, 3.8) is 0 Å². The Morgan fingerprint density at radius 1 is 1.43 bits per heavy atom. The summed E-state index contributed by atoms with van der Waals surface area (Å²) in [6.45, 7) is 4.32. The highest BCUT2D eigenvalue weighted by atomic mass is 16.2. The quantitative estimate of drug-likeness (QED) is 0.889. The lowest BCUT2D eigenvalue weighted by Crippen LogP contribution is -2.40. The first-order valence-electron chi connectivity index (χ1n) is 9.93. The minimum Gasteiger partial charge on any atom is -0.396 e. The lowest BCUT2D eigenvalue weighted by atomic mass is 9.62. The molecule has 144 valence electrons. The van der Waals surface area contributed by atoms with Crippen LogP contribution in [0.25, 0.3) is 5.69 Å². The Balaban J connectivity index is 1.82. The molecule has 2 aliphatic carbocycles. The molecule has 5 nitrogen and oxygen atoms in total. The van der Waals surface area contributed by atoms with Crippen molar-refractivity contribution in [3.05, 3.63) is 58.7 Å². The van der Waals surface area contributed by atoms with E-state index in [0.717, 1.165) is 42.9 Å². The predicted octanol–water partition coefficient (Wildman–Crippen LogP) is 3.35. The second-order valence-corrected chi connectivity index (χ2v) is 8.10. The van der Waals surface area contributed by atoms with Gasteiger partial charge in [0.1, 0.15) is 11.9 Å². The van der Waals surface area contributed by atoms with Crippen LogP contribution in [0.4, 0.5) is 0 Å². The topological polar surface area (TPSA) is 78.9 Å². The van der Waals surface area contributed by atoms with Gasteiger partial charge in [0.05, 0.1) is 11.3 Å². The maximum absolute atomic E-state index is 12.2. The number of aliphatic hydroxyl groups excluding tert-OH is 1. The number of aryl methyl sites for hydroxylation is 2. The smallest absolute Gasteiger partial charge is 0.173 e. The minimum absolute atomic E-state index is 0.0406. The van der Waals surface area contributed by atoms with E-state index in [1.54, 1.807) is 0 Å². The molecule has 0 fully saturated rings. The first-order chi connectivity index (χ1) is 13.5. The molecule has 0 bridgehead atoms. The lowest BCUT2D eigenvalue weighted by Gasteiger charge is -2.41. The van der Waals surface area contributed by atoms with Gasteiger partial charge in [0.2, 0.25) is 0 Å². The molecule has 1 aromatic carbocycles. The van der Waals surface area contributed by atoms with E-state index in [1.807, 2.05) is 19.1 Å². The molecule has 0 saturated heterocycles. The van der Waals surface area contributed by atoms with Crippen LogP contribution in [0.15, 0.2) is 35.9 Å². The number of aromatic nitrogens is 2. The van der Waals surface area contributed by atoms with Gasteiger partial charge in [0.25, 0.3) is 0 Å². The highest BCUT2D eigenvalue weighted by molar-refractivity contribution is 6.00. The number of allylic oxidation sites excluding steroid dienone is 2. The molecule has 1 heterocycles. The zero-order valence-corrected chi connectivity index (χ0v) is 16.4. The molecule has 4 rings (SSSR count). The molecule has 0 aliphatic heterocycles. The zero-order chi connectivity index (χ0) is 19.9. The molecule has 2 aliphatic rings. The van der Waals surface area contributed by atoms with Crippen molar-refractivity contribution in [3.8, 4) is 11.8 Å². The Labute approximate surface area is 165 Å². The van der Waals surface area contributed by atoms with Crippen LogP contribution in [0, 0.1) is 24.2 Å². The average molecular weight is 375 g/mol. The molecule has 0 amide bonds. The van der Waals surface area contributed by atoms with E-state index in [1.165, 1.54) is 11.3 Å². The molecule has 5 heteroatoms. The van der Waals surface area contributed by atoms with Crippen molar-refractivity contribution in [2.45, 2.75) is 51.4 Å². The third-order valence-corrected chi connectivity index (χ3v) is 6.32. The molecule has 2 atom stereocenters. The number of carbonyl (C=O) groups excluding carboxylic acids is 1. The van der Waals surface area contributed by atoms with Crippen molar-refractivity contribution >= 4 is 5.78 Å². The van der Waals surface area contributed by atoms with E-state index in [-0.39, 0.29) is 29.3 Å². The standard InChI is InChI=1S/C23H25N3O2/c1-15-25-22-20(26(15)19-7-3-5-16(11-19)6-4-10-27)9-8-18-12-21(28)17(14-24)13-23(18,22)2/h3,5,7,11,13,18,27H,4,6,8-10,12H2,1-2H3. The lowest BCUT2D eigenvalue weighted by molar-refractivity contribution is -0.117. The summed E-state index contributed by atoms with van der Waals surface area (Å²) in [7, 11) is 0. The first-order valence-corrected chi connectivity index (χ1v) is 9.93. The number of rotatable bonds is 4. The van der Waals surface area contributed by atoms with Gasteiger partial charge in [-0.25, -0.2) is 4.98 Å². The summed E-state index contributed by atoms with van der Waals surface area (Å²) in [4.78, 5) is 17.1. The van der Waals surface area contributed by atoms with E-state index in [4.69, 9.17) is 10.1 Å². The number of ketones is 1. The molecule has 1 aromatic heterocycles. The first kappa shape index (κ1) is 18.6. The number of Topliss-reactive ketones (excluding diaryl/α,β-unsaturated/α-hetero) is 1. The van der Waals surface area contributed by atoms with Gasteiger partial charge in [-0.05, 0) is 56.2 Å². The number of fused-ring (bicyclic) bond motifs is 3. The SMILES string of the molecule is Cc1nc2c(n1-c1cccc(CCCO)c1)CCC1CC(=O)C(C#N)=CC21C.